The maximum Gasteiger partial charge on any atom is 0.417 e. The van der Waals surface area contributed by atoms with Gasteiger partial charge in [0.15, 0.2) is 0 Å². The van der Waals surface area contributed by atoms with Crippen LogP contribution in [-0.4, -0.2) is 0 Å². The van der Waals surface area contributed by atoms with Crippen molar-refractivity contribution >= 4 is 45.8 Å². The second-order valence-corrected chi connectivity index (χ2v) is 5.90. The molecule has 0 spiro atoms. The number of alkyl halides is 3. The number of rotatable bonds is 1. The van der Waals surface area contributed by atoms with Gasteiger partial charge in [-0.15, -0.1) is 0 Å². The van der Waals surface area contributed by atoms with Crippen molar-refractivity contribution < 1.29 is 13.2 Å². The topological polar surface area (TPSA) is 0 Å². The van der Waals surface area contributed by atoms with Crippen LogP contribution in [0.2, 0.25) is 10.0 Å². The monoisotopic (exact) mass is 416 g/mol. The molecule has 2 aromatic rings. The van der Waals surface area contributed by atoms with E-state index in [1.165, 1.54) is 24.3 Å². The third-order valence-corrected chi connectivity index (χ3v) is 3.74. The molecule has 0 saturated carbocycles. The second kappa shape index (κ2) is 5.50. The lowest BCUT2D eigenvalue weighted by Gasteiger charge is -2.14. The molecule has 19 heavy (non-hydrogen) atoms. The summed E-state index contributed by atoms with van der Waals surface area (Å²) in [4.78, 5) is 0. The van der Waals surface area contributed by atoms with E-state index >= 15 is 0 Å². The molecular formula is C13H6Cl2F3I. The van der Waals surface area contributed by atoms with E-state index in [0.717, 1.165) is 6.07 Å². The molecule has 0 aliphatic heterocycles. The van der Waals surface area contributed by atoms with Gasteiger partial charge < -0.3 is 0 Å². The predicted octanol–water partition coefficient (Wildman–Crippen LogP) is 6.28. The SMILES string of the molecule is FC(F)(F)c1cc(I)ccc1-c1cc(Cl)ccc1Cl. The van der Waals surface area contributed by atoms with Gasteiger partial charge in [0, 0.05) is 19.2 Å². The molecule has 0 unspecified atom stereocenters. The van der Waals surface area contributed by atoms with Gasteiger partial charge in [0.2, 0.25) is 0 Å². The first-order valence-corrected chi connectivity index (χ1v) is 6.94. The van der Waals surface area contributed by atoms with Crippen molar-refractivity contribution in [2.75, 3.05) is 0 Å². The summed E-state index contributed by atoms with van der Waals surface area (Å²) in [5.74, 6) is 0. The van der Waals surface area contributed by atoms with Crippen molar-refractivity contribution in [3.63, 3.8) is 0 Å². The van der Waals surface area contributed by atoms with Crippen molar-refractivity contribution in [1.29, 1.82) is 0 Å². The molecule has 0 amide bonds. The summed E-state index contributed by atoms with van der Waals surface area (Å²) in [6.07, 6.45) is -4.44. The highest BCUT2D eigenvalue weighted by molar-refractivity contribution is 14.1. The van der Waals surface area contributed by atoms with Crippen LogP contribution in [0.5, 0.6) is 0 Å². The second-order valence-electron chi connectivity index (χ2n) is 3.81. The predicted molar refractivity (Wildman–Crippen MR) is 79.6 cm³/mol. The Morgan fingerprint density at radius 1 is 0.895 bits per heavy atom. The molecule has 6 heteroatoms. The maximum absolute atomic E-state index is 13.1. The number of hydrogen-bond donors (Lipinski definition) is 0. The van der Waals surface area contributed by atoms with Gasteiger partial charge in [-0.3, -0.25) is 0 Å². The minimum atomic E-state index is -4.44. The number of benzene rings is 2. The minimum absolute atomic E-state index is 0.0282. The Labute approximate surface area is 131 Å². The summed E-state index contributed by atoms with van der Waals surface area (Å²) in [7, 11) is 0. The first-order valence-electron chi connectivity index (χ1n) is 5.11. The van der Waals surface area contributed by atoms with E-state index in [4.69, 9.17) is 23.2 Å². The molecule has 0 heterocycles. The van der Waals surface area contributed by atoms with Crippen LogP contribution in [0.4, 0.5) is 13.2 Å². The van der Waals surface area contributed by atoms with Crippen LogP contribution in [0.15, 0.2) is 36.4 Å². The van der Waals surface area contributed by atoms with Gasteiger partial charge in [-0.1, -0.05) is 29.3 Å². The molecule has 0 aliphatic carbocycles. The van der Waals surface area contributed by atoms with Crippen LogP contribution in [-0.2, 0) is 6.18 Å². The Bertz CT molecular complexity index is 624. The normalized spacial score (nSPS) is 11.7. The highest BCUT2D eigenvalue weighted by Crippen LogP contribution is 2.40. The van der Waals surface area contributed by atoms with E-state index < -0.39 is 11.7 Å². The van der Waals surface area contributed by atoms with Crippen LogP contribution in [0.1, 0.15) is 5.56 Å². The van der Waals surface area contributed by atoms with E-state index in [2.05, 4.69) is 0 Å². The summed E-state index contributed by atoms with van der Waals surface area (Å²) in [5.41, 5.74) is -0.415. The van der Waals surface area contributed by atoms with E-state index in [9.17, 15) is 13.2 Å². The van der Waals surface area contributed by atoms with Crippen molar-refractivity contribution in [1.82, 2.24) is 0 Å². The third kappa shape index (κ3) is 3.35. The lowest BCUT2D eigenvalue weighted by molar-refractivity contribution is -0.137. The molecule has 0 nitrogen and oxygen atoms in total. The summed E-state index contributed by atoms with van der Waals surface area (Å²) in [6, 6.07) is 8.55. The summed E-state index contributed by atoms with van der Waals surface area (Å²) in [5, 5.41) is 0.571. The molecule has 2 rings (SSSR count). The Hall–Kier alpha value is -0.460. The van der Waals surface area contributed by atoms with Crippen LogP contribution in [0, 0.1) is 3.57 Å². The zero-order valence-electron chi connectivity index (χ0n) is 9.23. The van der Waals surface area contributed by atoms with Gasteiger partial charge in [-0.25, -0.2) is 0 Å². The first-order chi connectivity index (χ1) is 8.79. The fourth-order valence-electron chi connectivity index (χ4n) is 1.69. The average molecular weight is 417 g/mol. The molecule has 0 atom stereocenters. The molecule has 0 fully saturated rings. The van der Waals surface area contributed by atoms with E-state index in [-0.39, 0.29) is 16.1 Å². The zero-order valence-corrected chi connectivity index (χ0v) is 12.9. The summed E-state index contributed by atoms with van der Waals surface area (Å²) < 4.78 is 39.7. The average Bonchev–Trinajstić information content (AvgIpc) is 2.31. The highest BCUT2D eigenvalue weighted by atomic mass is 127. The van der Waals surface area contributed by atoms with Crippen molar-refractivity contribution in [2.45, 2.75) is 6.18 Å². The van der Waals surface area contributed by atoms with Gasteiger partial charge in [0.05, 0.1) is 5.56 Å². The zero-order chi connectivity index (χ0) is 14.2. The first kappa shape index (κ1) is 14.9. The van der Waals surface area contributed by atoms with Gasteiger partial charge in [-0.05, 0) is 58.5 Å². The van der Waals surface area contributed by atoms with Crippen molar-refractivity contribution in [3.05, 3.63) is 55.6 Å². The quantitative estimate of drug-likeness (QED) is 0.479. The number of hydrogen-bond acceptors (Lipinski definition) is 0. The van der Waals surface area contributed by atoms with E-state index in [1.54, 1.807) is 6.07 Å². The fourth-order valence-corrected chi connectivity index (χ4v) is 2.57. The van der Waals surface area contributed by atoms with Gasteiger partial charge in [-0.2, -0.15) is 13.2 Å². The maximum atomic E-state index is 13.1. The van der Waals surface area contributed by atoms with Gasteiger partial charge in [0.1, 0.15) is 0 Å². The molecule has 0 aliphatic rings. The third-order valence-electron chi connectivity index (χ3n) is 2.51. The number of halogens is 6. The Kier molecular flexibility index (Phi) is 4.32. The molecule has 2 aromatic carbocycles. The van der Waals surface area contributed by atoms with Crippen molar-refractivity contribution in [3.8, 4) is 11.1 Å². The van der Waals surface area contributed by atoms with Gasteiger partial charge in [0.25, 0.3) is 0 Å². The molecule has 100 valence electrons. The van der Waals surface area contributed by atoms with E-state index in [0.29, 0.717) is 8.59 Å². The lowest BCUT2D eigenvalue weighted by Crippen LogP contribution is -2.07. The minimum Gasteiger partial charge on any atom is -0.166 e. The Balaban J connectivity index is 2.72. The molecule has 0 aromatic heterocycles. The smallest absolute Gasteiger partial charge is 0.166 e. The molecule has 0 N–H and O–H groups in total. The lowest BCUT2D eigenvalue weighted by atomic mass is 9.99. The largest absolute Gasteiger partial charge is 0.417 e. The van der Waals surface area contributed by atoms with Crippen LogP contribution in [0.25, 0.3) is 11.1 Å². The van der Waals surface area contributed by atoms with Crippen LogP contribution >= 0.6 is 45.8 Å². The summed E-state index contributed by atoms with van der Waals surface area (Å²) >= 11 is 13.6. The van der Waals surface area contributed by atoms with Crippen molar-refractivity contribution in [2.24, 2.45) is 0 Å². The summed E-state index contributed by atoms with van der Waals surface area (Å²) in [6.45, 7) is 0. The Morgan fingerprint density at radius 3 is 2.21 bits per heavy atom. The van der Waals surface area contributed by atoms with Crippen LogP contribution < -0.4 is 0 Å². The standard InChI is InChI=1S/C13H6Cl2F3I/c14-7-1-4-12(15)10(5-7)9-3-2-8(19)6-11(9)13(16,17)18/h1-6H. The fraction of sp³-hybridized carbons (Fsp3) is 0.0769. The Morgan fingerprint density at radius 2 is 1.58 bits per heavy atom. The highest BCUT2D eigenvalue weighted by Gasteiger charge is 2.34. The molecule has 0 radical (unpaired) electrons. The van der Waals surface area contributed by atoms with E-state index in [1.807, 2.05) is 22.6 Å². The van der Waals surface area contributed by atoms with Gasteiger partial charge >= 0.3 is 6.18 Å². The molecule has 0 saturated heterocycles. The molecular weight excluding hydrogens is 411 g/mol. The molecule has 0 bridgehead atoms. The van der Waals surface area contributed by atoms with Crippen LogP contribution in [0.3, 0.4) is 0 Å².